The first-order valence-electron chi connectivity index (χ1n) is 7.05. The van der Waals surface area contributed by atoms with Crippen molar-refractivity contribution in [2.45, 2.75) is 44.2 Å². The smallest absolute Gasteiger partial charge is 0.264 e. The highest BCUT2D eigenvalue weighted by Crippen LogP contribution is 2.29. The van der Waals surface area contributed by atoms with E-state index in [4.69, 9.17) is 0 Å². The van der Waals surface area contributed by atoms with Gasteiger partial charge in [-0.15, -0.1) is 11.3 Å². The molecule has 0 radical (unpaired) electrons. The number of hydrogen-bond acceptors (Lipinski definition) is 3. The Kier molecular flexibility index (Phi) is 4.24. The van der Waals surface area contributed by atoms with Crippen molar-refractivity contribution < 1.29 is 4.79 Å². The lowest BCUT2D eigenvalue weighted by Crippen LogP contribution is -2.52. The van der Waals surface area contributed by atoms with Gasteiger partial charge in [-0.05, 0) is 66.7 Å². The molecule has 19 heavy (non-hydrogen) atoms. The lowest BCUT2D eigenvalue weighted by molar-refractivity contribution is 0.0568. The molecule has 1 amide bonds. The quantitative estimate of drug-likeness (QED) is 0.894. The number of nitrogens with one attached hydrogen (secondary N) is 1. The Morgan fingerprint density at radius 3 is 2.89 bits per heavy atom. The molecule has 1 aromatic heterocycles. The molecule has 104 valence electrons. The summed E-state index contributed by atoms with van der Waals surface area (Å²) in [5.41, 5.74) is 0. The summed E-state index contributed by atoms with van der Waals surface area (Å²) in [4.78, 5) is 15.6. The van der Waals surface area contributed by atoms with Crippen molar-refractivity contribution in [2.75, 3.05) is 13.1 Å². The van der Waals surface area contributed by atoms with Crippen molar-refractivity contribution in [3.05, 3.63) is 20.8 Å². The second-order valence-corrected chi connectivity index (χ2v) is 7.83. The second-order valence-electron chi connectivity index (χ2n) is 5.37. The third-order valence-electron chi connectivity index (χ3n) is 4.16. The Morgan fingerprint density at radius 1 is 1.32 bits per heavy atom. The zero-order valence-electron chi connectivity index (χ0n) is 10.9. The van der Waals surface area contributed by atoms with Gasteiger partial charge in [-0.2, -0.15) is 0 Å². The van der Waals surface area contributed by atoms with E-state index in [0.717, 1.165) is 34.6 Å². The highest BCUT2D eigenvalue weighted by molar-refractivity contribution is 9.11. The van der Waals surface area contributed by atoms with Crippen molar-refractivity contribution in [1.82, 2.24) is 10.2 Å². The Hall–Kier alpha value is -0.390. The summed E-state index contributed by atoms with van der Waals surface area (Å²) in [6.45, 7) is 2.02. The van der Waals surface area contributed by atoms with Crippen LogP contribution in [-0.2, 0) is 0 Å². The molecule has 2 aliphatic rings. The van der Waals surface area contributed by atoms with Gasteiger partial charge in [0, 0.05) is 18.6 Å². The van der Waals surface area contributed by atoms with E-state index in [0.29, 0.717) is 12.1 Å². The van der Waals surface area contributed by atoms with Crippen molar-refractivity contribution in [3.63, 3.8) is 0 Å². The van der Waals surface area contributed by atoms with Crippen molar-refractivity contribution >= 4 is 33.2 Å². The summed E-state index contributed by atoms with van der Waals surface area (Å²) >= 11 is 4.98. The van der Waals surface area contributed by atoms with Gasteiger partial charge in [-0.3, -0.25) is 4.79 Å². The third-order valence-corrected chi connectivity index (χ3v) is 5.77. The molecule has 1 N–H and O–H groups in total. The fourth-order valence-electron chi connectivity index (χ4n) is 3.24. The summed E-state index contributed by atoms with van der Waals surface area (Å²) < 4.78 is 1.03. The van der Waals surface area contributed by atoms with Crippen LogP contribution in [0.4, 0.5) is 0 Å². The predicted molar refractivity (Wildman–Crippen MR) is 81.7 cm³/mol. The molecule has 2 atom stereocenters. The lowest BCUT2D eigenvalue weighted by Gasteiger charge is -2.39. The van der Waals surface area contributed by atoms with E-state index in [1.54, 1.807) is 0 Å². The first kappa shape index (κ1) is 13.6. The fourth-order valence-corrected chi connectivity index (χ4v) is 4.58. The Balaban J connectivity index is 1.77. The Bertz CT molecular complexity index is 456. The summed E-state index contributed by atoms with van der Waals surface area (Å²) in [7, 11) is 0. The number of halogens is 1. The van der Waals surface area contributed by atoms with Crippen LogP contribution in [0, 0.1) is 0 Å². The SMILES string of the molecule is O=C(c1ccc(Br)s1)N1CCCCC1C1CCCN1. The van der Waals surface area contributed by atoms with Gasteiger partial charge < -0.3 is 10.2 Å². The van der Waals surface area contributed by atoms with Crippen LogP contribution < -0.4 is 5.32 Å². The molecule has 3 rings (SSSR count). The number of thiophene rings is 1. The largest absolute Gasteiger partial charge is 0.333 e. The summed E-state index contributed by atoms with van der Waals surface area (Å²) in [6, 6.07) is 4.80. The first-order chi connectivity index (χ1) is 9.25. The van der Waals surface area contributed by atoms with Crippen LogP contribution in [0.25, 0.3) is 0 Å². The van der Waals surface area contributed by atoms with Gasteiger partial charge in [0.2, 0.25) is 0 Å². The lowest BCUT2D eigenvalue weighted by atomic mass is 9.94. The molecule has 0 bridgehead atoms. The minimum atomic E-state index is 0.217. The maximum absolute atomic E-state index is 12.7. The third kappa shape index (κ3) is 2.88. The van der Waals surface area contributed by atoms with E-state index < -0.39 is 0 Å². The number of amides is 1. The van der Waals surface area contributed by atoms with Crippen LogP contribution in [0.3, 0.4) is 0 Å². The van der Waals surface area contributed by atoms with Crippen molar-refractivity contribution in [1.29, 1.82) is 0 Å². The topological polar surface area (TPSA) is 32.3 Å². The molecule has 1 aromatic rings. The van der Waals surface area contributed by atoms with Crippen LogP contribution in [0.1, 0.15) is 41.8 Å². The van der Waals surface area contributed by atoms with E-state index in [-0.39, 0.29) is 5.91 Å². The summed E-state index contributed by atoms with van der Waals surface area (Å²) in [5.74, 6) is 0.217. The zero-order chi connectivity index (χ0) is 13.2. The van der Waals surface area contributed by atoms with Gasteiger partial charge in [-0.25, -0.2) is 0 Å². The maximum atomic E-state index is 12.7. The number of carbonyl (C=O) groups is 1. The molecular formula is C14H19BrN2OS. The highest BCUT2D eigenvalue weighted by Gasteiger charge is 2.34. The highest BCUT2D eigenvalue weighted by atomic mass is 79.9. The number of nitrogens with zero attached hydrogens (tertiary/aromatic N) is 1. The van der Waals surface area contributed by atoms with Gasteiger partial charge in [0.05, 0.1) is 8.66 Å². The molecule has 0 aromatic carbocycles. The minimum Gasteiger partial charge on any atom is -0.333 e. The van der Waals surface area contributed by atoms with E-state index in [9.17, 15) is 4.79 Å². The molecule has 3 nitrogen and oxygen atoms in total. The van der Waals surface area contributed by atoms with Crippen LogP contribution in [0.5, 0.6) is 0 Å². The van der Waals surface area contributed by atoms with Crippen LogP contribution in [0.2, 0.25) is 0 Å². The summed E-state index contributed by atoms with van der Waals surface area (Å²) in [5, 5.41) is 3.57. The normalized spacial score (nSPS) is 27.7. The first-order valence-corrected chi connectivity index (χ1v) is 8.66. The average molecular weight is 343 g/mol. The molecule has 2 saturated heterocycles. The Morgan fingerprint density at radius 2 is 2.21 bits per heavy atom. The van der Waals surface area contributed by atoms with Crippen LogP contribution >= 0.6 is 27.3 Å². The van der Waals surface area contributed by atoms with E-state index >= 15 is 0 Å². The second kappa shape index (κ2) is 5.94. The predicted octanol–water partition coefficient (Wildman–Crippen LogP) is 3.26. The van der Waals surface area contributed by atoms with Crippen molar-refractivity contribution in [3.8, 4) is 0 Å². The van der Waals surface area contributed by atoms with Crippen LogP contribution in [-0.4, -0.2) is 36.0 Å². The van der Waals surface area contributed by atoms with Crippen LogP contribution in [0.15, 0.2) is 15.9 Å². The minimum absolute atomic E-state index is 0.217. The summed E-state index contributed by atoms with van der Waals surface area (Å²) in [6.07, 6.45) is 5.99. The van der Waals surface area contributed by atoms with E-state index in [1.165, 1.54) is 30.6 Å². The molecule has 0 spiro atoms. The molecule has 5 heteroatoms. The number of rotatable bonds is 2. The monoisotopic (exact) mass is 342 g/mol. The standard InChI is InChI=1S/C14H19BrN2OS/c15-13-7-6-12(19-13)14(18)17-9-2-1-5-11(17)10-4-3-8-16-10/h6-7,10-11,16H,1-5,8-9H2. The van der Waals surface area contributed by atoms with Gasteiger partial charge in [0.15, 0.2) is 0 Å². The van der Waals surface area contributed by atoms with Gasteiger partial charge in [0.25, 0.3) is 5.91 Å². The zero-order valence-corrected chi connectivity index (χ0v) is 13.3. The number of carbonyl (C=O) groups excluding carboxylic acids is 1. The molecule has 0 saturated carbocycles. The molecule has 3 heterocycles. The van der Waals surface area contributed by atoms with E-state index in [1.807, 2.05) is 12.1 Å². The molecular weight excluding hydrogens is 324 g/mol. The maximum Gasteiger partial charge on any atom is 0.264 e. The number of hydrogen-bond donors (Lipinski definition) is 1. The molecule has 0 aliphatic carbocycles. The van der Waals surface area contributed by atoms with Gasteiger partial charge in [0.1, 0.15) is 0 Å². The average Bonchev–Trinajstić information content (AvgIpc) is 3.09. The van der Waals surface area contributed by atoms with E-state index in [2.05, 4.69) is 26.1 Å². The molecule has 2 aliphatic heterocycles. The van der Waals surface area contributed by atoms with Gasteiger partial charge >= 0.3 is 0 Å². The molecule has 2 fully saturated rings. The number of piperidine rings is 1. The van der Waals surface area contributed by atoms with Crippen molar-refractivity contribution in [2.24, 2.45) is 0 Å². The molecule has 2 unspecified atom stereocenters. The Labute approximate surface area is 126 Å². The van der Waals surface area contributed by atoms with Gasteiger partial charge in [-0.1, -0.05) is 0 Å². The fraction of sp³-hybridized carbons (Fsp3) is 0.643. The number of likely N-dealkylation sites (tertiary alicyclic amines) is 1.